The molecule has 120 valence electrons. The zero-order valence-corrected chi connectivity index (χ0v) is 12.4. The Labute approximate surface area is 131 Å². The van der Waals surface area contributed by atoms with E-state index in [2.05, 4.69) is 0 Å². The van der Waals surface area contributed by atoms with Gasteiger partial charge >= 0.3 is 6.18 Å². The highest BCUT2D eigenvalue weighted by Gasteiger charge is 2.54. The van der Waals surface area contributed by atoms with E-state index in [4.69, 9.17) is 11.6 Å². The molecule has 1 aliphatic heterocycles. The number of carbonyl (C=O) groups excluding carboxylic acids is 1. The lowest BCUT2D eigenvalue weighted by Gasteiger charge is -2.38. The number of nitrogens with zero attached hydrogens (tertiary/aromatic N) is 1. The summed E-state index contributed by atoms with van der Waals surface area (Å²) in [5.74, 6) is -0.376. The molecule has 0 saturated carbocycles. The van der Waals surface area contributed by atoms with Crippen molar-refractivity contribution in [3.63, 3.8) is 0 Å². The van der Waals surface area contributed by atoms with Gasteiger partial charge in [0.2, 0.25) is 5.91 Å². The molecule has 1 N–H and O–H groups in total. The highest BCUT2D eigenvalue weighted by Crippen LogP contribution is 2.38. The first-order chi connectivity index (χ1) is 10.2. The molecular weight excluding hydrogens is 319 g/mol. The van der Waals surface area contributed by atoms with Crippen molar-refractivity contribution >= 4 is 23.6 Å². The van der Waals surface area contributed by atoms with Gasteiger partial charge in [-0.15, -0.1) is 0 Å². The van der Waals surface area contributed by atoms with Crippen molar-refractivity contribution in [1.82, 2.24) is 4.90 Å². The van der Waals surface area contributed by atoms with Gasteiger partial charge in [0, 0.05) is 37.0 Å². The first kappa shape index (κ1) is 16.8. The first-order valence-electron chi connectivity index (χ1n) is 6.73. The highest BCUT2D eigenvalue weighted by atomic mass is 35.5. The number of rotatable bonds is 2. The molecule has 0 radical (unpaired) electrons. The van der Waals surface area contributed by atoms with Crippen LogP contribution in [0.25, 0.3) is 6.08 Å². The van der Waals surface area contributed by atoms with E-state index in [0.29, 0.717) is 5.02 Å². The fraction of sp³-hybridized carbons (Fsp3) is 0.400. The number of halogens is 4. The second-order valence-corrected chi connectivity index (χ2v) is 5.68. The molecule has 1 aromatic carbocycles. The van der Waals surface area contributed by atoms with Crippen LogP contribution in [0.4, 0.5) is 13.2 Å². The summed E-state index contributed by atoms with van der Waals surface area (Å²) < 4.78 is 38.0. The van der Waals surface area contributed by atoms with Crippen molar-refractivity contribution in [2.24, 2.45) is 0 Å². The van der Waals surface area contributed by atoms with E-state index in [1.54, 1.807) is 30.3 Å². The topological polar surface area (TPSA) is 40.5 Å². The van der Waals surface area contributed by atoms with Crippen LogP contribution >= 0.6 is 11.6 Å². The van der Waals surface area contributed by atoms with Gasteiger partial charge in [0.25, 0.3) is 0 Å². The summed E-state index contributed by atoms with van der Waals surface area (Å²) in [6, 6.07) is 6.81. The van der Waals surface area contributed by atoms with E-state index in [1.807, 2.05) is 0 Å². The molecule has 1 amide bonds. The minimum Gasteiger partial charge on any atom is -0.380 e. The predicted molar refractivity (Wildman–Crippen MR) is 77.3 cm³/mol. The number of alkyl halides is 3. The number of likely N-dealkylation sites (tertiary alicyclic amines) is 1. The van der Waals surface area contributed by atoms with Crippen molar-refractivity contribution in [2.75, 3.05) is 13.1 Å². The van der Waals surface area contributed by atoms with E-state index in [1.165, 1.54) is 11.0 Å². The molecule has 1 aliphatic rings. The maximum absolute atomic E-state index is 12.7. The Morgan fingerprint density at radius 3 is 2.27 bits per heavy atom. The molecule has 0 bridgehead atoms. The number of piperidine rings is 1. The van der Waals surface area contributed by atoms with Crippen LogP contribution in [0.3, 0.4) is 0 Å². The molecule has 1 saturated heterocycles. The minimum absolute atomic E-state index is 0.125. The van der Waals surface area contributed by atoms with Crippen LogP contribution in [0.1, 0.15) is 18.4 Å². The Morgan fingerprint density at radius 2 is 1.77 bits per heavy atom. The van der Waals surface area contributed by atoms with Crippen LogP contribution in [-0.4, -0.2) is 40.8 Å². The fourth-order valence-electron chi connectivity index (χ4n) is 2.23. The van der Waals surface area contributed by atoms with E-state index in [-0.39, 0.29) is 19.0 Å². The molecule has 22 heavy (non-hydrogen) atoms. The molecule has 3 nitrogen and oxygen atoms in total. The first-order valence-corrected chi connectivity index (χ1v) is 7.11. The number of benzene rings is 1. The number of carbonyl (C=O) groups is 1. The van der Waals surface area contributed by atoms with Gasteiger partial charge < -0.3 is 10.0 Å². The number of hydrogen-bond acceptors (Lipinski definition) is 2. The Bertz CT molecular complexity index is 561. The Balaban J connectivity index is 1.94. The fourth-order valence-corrected chi connectivity index (χ4v) is 2.35. The third-order valence-corrected chi connectivity index (χ3v) is 3.97. The largest absolute Gasteiger partial charge is 0.417 e. The third kappa shape index (κ3) is 3.81. The third-order valence-electron chi connectivity index (χ3n) is 3.72. The van der Waals surface area contributed by atoms with Crippen molar-refractivity contribution in [3.8, 4) is 0 Å². The molecule has 0 spiro atoms. The molecule has 1 heterocycles. The van der Waals surface area contributed by atoms with E-state index >= 15 is 0 Å². The van der Waals surface area contributed by atoms with Crippen LogP contribution in [0.2, 0.25) is 5.02 Å². The van der Waals surface area contributed by atoms with Crippen molar-refractivity contribution < 1.29 is 23.1 Å². The minimum atomic E-state index is -4.67. The van der Waals surface area contributed by atoms with E-state index in [0.717, 1.165) is 5.56 Å². The van der Waals surface area contributed by atoms with Gasteiger partial charge in [-0.25, -0.2) is 0 Å². The summed E-state index contributed by atoms with van der Waals surface area (Å²) in [5, 5.41) is 10.1. The van der Waals surface area contributed by atoms with Gasteiger partial charge in [0.15, 0.2) is 5.60 Å². The SMILES string of the molecule is O=C(/C=C/c1ccc(Cl)cc1)N1CCC(O)(C(F)(F)F)CC1. The second kappa shape index (κ2) is 6.30. The number of hydrogen-bond donors (Lipinski definition) is 1. The monoisotopic (exact) mass is 333 g/mol. The maximum Gasteiger partial charge on any atom is 0.417 e. The molecule has 7 heteroatoms. The normalized spacial score (nSPS) is 18.7. The molecule has 0 aromatic heterocycles. The van der Waals surface area contributed by atoms with Gasteiger partial charge in [-0.05, 0) is 23.8 Å². The van der Waals surface area contributed by atoms with Crippen LogP contribution in [-0.2, 0) is 4.79 Å². The Morgan fingerprint density at radius 1 is 1.23 bits per heavy atom. The summed E-state index contributed by atoms with van der Waals surface area (Å²) in [7, 11) is 0. The standard InChI is InChI=1S/C15H15ClF3NO2/c16-12-4-1-11(2-5-12)3-6-13(21)20-9-7-14(22,8-10-20)15(17,18)19/h1-6,22H,7-10H2/b6-3+. The summed E-state index contributed by atoms with van der Waals surface area (Å²) in [6.45, 7) is -0.250. The van der Waals surface area contributed by atoms with Crippen LogP contribution < -0.4 is 0 Å². The van der Waals surface area contributed by atoms with Gasteiger partial charge in [-0.1, -0.05) is 23.7 Å². The van der Waals surface area contributed by atoms with E-state index < -0.39 is 24.6 Å². The summed E-state index contributed by atoms with van der Waals surface area (Å²) >= 11 is 5.74. The average Bonchev–Trinajstić information content (AvgIpc) is 2.46. The van der Waals surface area contributed by atoms with Crippen molar-refractivity contribution in [3.05, 3.63) is 40.9 Å². The van der Waals surface area contributed by atoms with E-state index in [9.17, 15) is 23.1 Å². The highest BCUT2D eigenvalue weighted by molar-refractivity contribution is 6.30. The zero-order valence-electron chi connectivity index (χ0n) is 11.6. The lowest BCUT2D eigenvalue weighted by molar-refractivity contribution is -0.271. The van der Waals surface area contributed by atoms with Gasteiger partial charge in [-0.3, -0.25) is 4.79 Å². The molecule has 1 fully saturated rings. The lowest BCUT2D eigenvalue weighted by atomic mass is 9.91. The lowest BCUT2D eigenvalue weighted by Crippen LogP contribution is -2.54. The van der Waals surface area contributed by atoms with Gasteiger partial charge in [0.1, 0.15) is 0 Å². The van der Waals surface area contributed by atoms with Gasteiger partial charge in [0.05, 0.1) is 0 Å². The van der Waals surface area contributed by atoms with Gasteiger partial charge in [-0.2, -0.15) is 13.2 Å². The summed E-state index contributed by atoms with van der Waals surface area (Å²) in [6.07, 6.45) is -2.79. The van der Waals surface area contributed by atoms with Crippen LogP contribution in [0, 0.1) is 0 Å². The molecule has 0 atom stereocenters. The van der Waals surface area contributed by atoms with Crippen molar-refractivity contribution in [2.45, 2.75) is 24.6 Å². The average molecular weight is 334 g/mol. The predicted octanol–water partition coefficient (Wildman–Crippen LogP) is 3.27. The summed E-state index contributed by atoms with van der Waals surface area (Å²) in [5.41, 5.74) is -1.93. The molecule has 1 aromatic rings. The molecule has 0 unspecified atom stereocenters. The van der Waals surface area contributed by atoms with Crippen LogP contribution in [0.15, 0.2) is 30.3 Å². The second-order valence-electron chi connectivity index (χ2n) is 5.24. The molecule has 0 aliphatic carbocycles. The smallest absolute Gasteiger partial charge is 0.380 e. The maximum atomic E-state index is 12.7. The molecular formula is C15H15ClF3NO2. The Kier molecular flexibility index (Phi) is 4.82. The zero-order chi connectivity index (χ0) is 16.4. The van der Waals surface area contributed by atoms with Crippen LogP contribution in [0.5, 0.6) is 0 Å². The summed E-state index contributed by atoms with van der Waals surface area (Å²) in [4.78, 5) is 13.2. The number of amides is 1. The molecule has 2 rings (SSSR count). The Hall–Kier alpha value is -1.53. The number of aliphatic hydroxyl groups is 1. The van der Waals surface area contributed by atoms with Crippen molar-refractivity contribution in [1.29, 1.82) is 0 Å². The quantitative estimate of drug-likeness (QED) is 0.844.